The van der Waals surface area contributed by atoms with Crippen molar-refractivity contribution in [3.8, 4) is 23.6 Å². The molecular formula is C13H13N3. The van der Waals surface area contributed by atoms with Crippen LogP contribution < -0.4 is 0 Å². The molecule has 0 amide bonds. The molecule has 1 heterocycles. The summed E-state index contributed by atoms with van der Waals surface area (Å²) in [4.78, 5) is 0. The minimum absolute atomic E-state index is 0.778. The summed E-state index contributed by atoms with van der Waals surface area (Å²) in [5, 5.41) is 8.19. The van der Waals surface area contributed by atoms with E-state index in [0.29, 0.717) is 0 Å². The molecule has 1 aromatic heterocycles. The van der Waals surface area contributed by atoms with E-state index in [-0.39, 0.29) is 0 Å². The van der Waals surface area contributed by atoms with E-state index in [4.69, 9.17) is 6.42 Å². The first-order chi connectivity index (χ1) is 7.90. The van der Waals surface area contributed by atoms with E-state index in [1.807, 2.05) is 41.2 Å². The minimum Gasteiger partial charge on any atom is -0.252 e. The molecule has 0 N–H and O–H groups in total. The van der Waals surface area contributed by atoms with Gasteiger partial charge in [0, 0.05) is 18.5 Å². The second kappa shape index (κ2) is 5.13. The van der Waals surface area contributed by atoms with Gasteiger partial charge in [-0.3, -0.25) is 4.68 Å². The zero-order chi connectivity index (χ0) is 11.2. The van der Waals surface area contributed by atoms with E-state index < -0.39 is 0 Å². The molecule has 0 saturated carbocycles. The first kappa shape index (κ1) is 10.4. The van der Waals surface area contributed by atoms with E-state index >= 15 is 0 Å². The summed E-state index contributed by atoms with van der Waals surface area (Å²) in [6.07, 6.45) is 8.86. The molecule has 0 spiro atoms. The molecule has 0 saturated heterocycles. The SMILES string of the molecule is C#CCCCn1cc(-c2ccccc2)nn1. The van der Waals surface area contributed by atoms with E-state index in [1.165, 1.54) is 0 Å². The van der Waals surface area contributed by atoms with Gasteiger partial charge < -0.3 is 0 Å². The molecule has 0 fully saturated rings. The number of rotatable bonds is 4. The number of aryl methyl sites for hydroxylation is 1. The third-order valence-corrected chi connectivity index (χ3v) is 2.32. The van der Waals surface area contributed by atoms with Gasteiger partial charge >= 0.3 is 0 Å². The first-order valence-electron chi connectivity index (χ1n) is 5.29. The van der Waals surface area contributed by atoms with E-state index in [9.17, 15) is 0 Å². The number of benzene rings is 1. The Bertz CT molecular complexity index is 479. The lowest BCUT2D eigenvalue weighted by Gasteiger charge is -1.95. The smallest absolute Gasteiger partial charge is 0.113 e. The van der Waals surface area contributed by atoms with Crippen LogP contribution in [0.2, 0.25) is 0 Å². The fraction of sp³-hybridized carbons (Fsp3) is 0.231. The molecule has 0 bridgehead atoms. The van der Waals surface area contributed by atoms with E-state index in [1.54, 1.807) is 0 Å². The predicted molar refractivity (Wildman–Crippen MR) is 63.5 cm³/mol. The van der Waals surface area contributed by atoms with Crippen molar-refractivity contribution in [1.29, 1.82) is 0 Å². The Balaban J connectivity index is 2.06. The van der Waals surface area contributed by atoms with Crippen LogP contribution in [-0.2, 0) is 6.54 Å². The van der Waals surface area contributed by atoms with Crippen LogP contribution in [0.1, 0.15) is 12.8 Å². The zero-order valence-corrected chi connectivity index (χ0v) is 9.00. The summed E-state index contributed by atoms with van der Waals surface area (Å²) in [5.41, 5.74) is 1.99. The lowest BCUT2D eigenvalue weighted by atomic mass is 10.2. The van der Waals surface area contributed by atoms with E-state index in [0.717, 1.165) is 30.6 Å². The van der Waals surface area contributed by atoms with Crippen LogP contribution in [0.5, 0.6) is 0 Å². The minimum atomic E-state index is 0.778. The molecule has 0 atom stereocenters. The average Bonchev–Trinajstić information content (AvgIpc) is 2.79. The molecule has 1 aromatic carbocycles. The van der Waals surface area contributed by atoms with Gasteiger partial charge in [0.2, 0.25) is 0 Å². The van der Waals surface area contributed by atoms with Gasteiger partial charge in [0.25, 0.3) is 0 Å². The number of nitrogens with zero attached hydrogens (tertiary/aromatic N) is 3. The molecule has 0 aliphatic rings. The Morgan fingerprint density at radius 2 is 2.06 bits per heavy atom. The molecule has 0 radical (unpaired) electrons. The van der Waals surface area contributed by atoms with Crippen molar-refractivity contribution in [1.82, 2.24) is 15.0 Å². The van der Waals surface area contributed by atoms with Crippen LogP contribution in [0.25, 0.3) is 11.3 Å². The van der Waals surface area contributed by atoms with Crippen LogP contribution in [0.3, 0.4) is 0 Å². The molecule has 2 rings (SSSR count). The highest BCUT2D eigenvalue weighted by Crippen LogP contribution is 2.14. The second-order valence-electron chi connectivity index (χ2n) is 3.54. The van der Waals surface area contributed by atoms with Crippen molar-refractivity contribution in [2.45, 2.75) is 19.4 Å². The summed E-state index contributed by atoms with van der Waals surface area (Å²) in [6, 6.07) is 10.0. The third kappa shape index (κ3) is 2.48. The van der Waals surface area contributed by atoms with Gasteiger partial charge in [-0.05, 0) is 6.42 Å². The topological polar surface area (TPSA) is 30.7 Å². The fourth-order valence-electron chi connectivity index (χ4n) is 1.49. The van der Waals surface area contributed by atoms with Gasteiger partial charge in [-0.15, -0.1) is 17.4 Å². The number of terminal acetylenes is 1. The van der Waals surface area contributed by atoms with Crippen molar-refractivity contribution in [2.75, 3.05) is 0 Å². The maximum absolute atomic E-state index is 5.19. The van der Waals surface area contributed by atoms with Gasteiger partial charge in [0.05, 0.1) is 6.20 Å². The van der Waals surface area contributed by atoms with Crippen molar-refractivity contribution in [3.05, 3.63) is 36.5 Å². The molecule has 0 aliphatic carbocycles. The Morgan fingerprint density at radius 3 is 2.81 bits per heavy atom. The van der Waals surface area contributed by atoms with Crippen molar-refractivity contribution in [2.24, 2.45) is 0 Å². The molecule has 80 valence electrons. The highest BCUT2D eigenvalue weighted by molar-refractivity contribution is 5.56. The fourth-order valence-corrected chi connectivity index (χ4v) is 1.49. The normalized spacial score (nSPS) is 9.94. The Kier molecular flexibility index (Phi) is 3.35. The summed E-state index contributed by atoms with van der Waals surface area (Å²) >= 11 is 0. The Morgan fingerprint density at radius 1 is 1.25 bits per heavy atom. The summed E-state index contributed by atoms with van der Waals surface area (Å²) < 4.78 is 1.83. The Hall–Kier alpha value is -2.08. The van der Waals surface area contributed by atoms with Gasteiger partial charge in [-0.2, -0.15) is 0 Å². The maximum atomic E-state index is 5.19. The monoisotopic (exact) mass is 211 g/mol. The lowest BCUT2D eigenvalue weighted by molar-refractivity contribution is 0.565. The van der Waals surface area contributed by atoms with Crippen LogP contribution in [0.15, 0.2) is 36.5 Å². The summed E-state index contributed by atoms with van der Waals surface area (Å²) in [5.74, 6) is 2.61. The molecule has 16 heavy (non-hydrogen) atoms. The van der Waals surface area contributed by atoms with E-state index in [2.05, 4.69) is 16.2 Å². The summed E-state index contributed by atoms with van der Waals surface area (Å²) in [7, 11) is 0. The highest BCUT2D eigenvalue weighted by Gasteiger charge is 2.02. The van der Waals surface area contributed by atoms with Crippen molar-refractivity contribution in [3.63, 3.8) is 0 Å². The van der Waals surface area contributed by atoms with Crippen molar-refractivity contribution >= 4 is 0 Å². The average molecular weight is 211 g/mol. The Labute approximate surface area is 95.1 Å². The van der Waals surface area contributed by atoms with Gasteiger partial charge in [0.15, 0.2) is 0 Å². The highest BCUT2D eigenvalue weighted by atomic mass is 15.4. The van der Waals surface area contributed by atoms with Crippen molar-refractivity contribution < 1.29 is 0 Å². The van der Waals surface area contributed by atoms with Crippen LogP contribution in [0.4, 0.5) is 0 Å². The quantitative estimate of drug-likeness (QED) is 0.574. The number of aromatic nitrogens is 3. The van der Waals surface area contributed by atoms with Gasteiger partial charge in [-0.25, -0.2) is 0 Å². The second-order valence-corrected chi connectivity index (χ2v) is 3.54. The molecule has 0 aliphatic heterocycles. The molecule has 3 heteroatoms. The third-order valence-electron chi connectivity index (χ3n) is 2.32. The standard InChI is InChI=1S/C13H13N3/c1-2-3-7-10-16-11-13(14-15-16)12-8-5-4-6-9-12/h1,4-6,8-9,11H,3,7,10H2. The van der Waals surface area contributed by atoms with Crippen LogP contribution in [0, 0.1) is 12.3 Å². The zero-order valence-electron chi connectivity index (χ0n) is 9.00. The largest absolute Gasteiger partial charge is 0.252 e. The molecule has 3 nitrogen and oxygen atoms in total. The number of unbranched alkanes of at least 4 members (excludes halogenated alkanes) is 1. The summed E-state index contributed by atoms with van der Waals surface area (Å²) in [6.45, 7) is 0.823. The molecule has 0 unspecified atom stereocenters. The van der Waals surface area contributed by atoms with Gasteiger partial charge in [-0.1, -0.05) is 35.5 Å². The predicted octanol–water partition coefficient (Wildman–Crippen LogP) is 2.36. The maximum Gasteiger partial charge on any atom is 0.113 e. The first-order valence-corrected chi connectivity index (χ1v) is 5.29. The molecule has 2 aromatic rings. The molecular weight excluding hydrogens is 198 g/mol. The lowest BCUT2D eigenvalue weighted by Crippen LogP contribution is -1.97. The number of hydrogen-bond donors (Lipinski definition) is 0. The van der Waals surface area contributed by atoms with Crippen LogP contribution in [-0.4, -0.2) is 15.0 Å². The van der Waals surface area contributed by atoms with Gasteiger partial charge in [0.1, 0.15) is 5.69 Å². The van der Waals surface area contributed by atoms with Crippen LogP contribution >= 0.6 is 0 Å². The number of hydrogen-bond acceptors (Lipinski definition) is 2.